The van der Waals surface area contributed by atoms with Crippen molar-refractivity contribution in [3.63, 3.8) is 0 Å². The number of hydrogen-bond donors (Lipinski definition) is 3. The molecule has 0 spiro atoms. The van der Waals surface area contributed by atoms with E-state index in [1.165, 1.54) is 180 Å². The highest BCUT2D eigenvalue weighted by Gasteiger charge is 2.26. The Morgan fingerprint density at radius 2 is 0.911 bits per heavy atom. The minimum Gasteiger partial charge on any atom is -0.457 e. The number of phosphoric ester groups is 1. The van der Waals surface area contributed by atoms with Gasteiger partial charge in [0, 0.05) is 13.0 Å². The standard InChI is InChI=1S/C46H91O9P/c1-3-5-7-9-11-13-15-17-19-21-22-23-24-26-28-30-32-34-36-38-46(49)55-45(43-54-56(50,51)53-41-44(48)40-47)42-52-39-37-35-33-31-29-27-25-20-18-16-14-12-10-8-6-4-2/h17,19,44-45,47-48H,3-16,18,20-43H2,1-2H3,(H,50,51)/b19-17-. The molecule has 0 aromatic rings. The SMILES string of the molecule is CCCCCCCC/C=C\CCCCCCCCCCCC(=O)OC(COCCCCCCCCCCCCCCCCCC)COP(=O)(O)OCC(O)CO. The molecule has 0 aromatic carbocycles. The van der Waals surface area contributed by atoms with Crippen LogP contribution < -0.4 is 0 Å². The zero-order valence-corrected chi connectivity index (χ0v) is 37.5. The van der Waals surface area contributed by atoms with E-state index in [4.69, 9.17) is 23.6 Å². The van der Waals surface area contributed by atoms with Gasteiger partial charge >= 0.3 is 13.8 Å². The summed E-state index contributed by atoms with van der Waals surface area (Å²) >= 11 is 0. The number of unbranched alkanes of at least 4 members (excludes halogenated alkanes) is 30. The van der Waals surface area contributed by atoms with Gasteiger partial charge in [-0.05, 0) is 38.5 Å². The highest BCUT2D eigenvalue weighted by atomic mass is 31.2. The number of allylic oxidation sites excluding steroid dienone is 2. The molecule has 0 saturated carbocycles. The summed E-state index contributed by atoms with van der Waals surface area (Å²) in [6.07, 6.45) is 44.5. The molecular formula is C46H91O9P. The summed E-state index contributed by atoms with van der Waals surface area (Å²) in [5.41, 5.74) is 0. The lowest BCUT2D eigenvalue weighted by Crippen LogP contribution is -2.29. The lowest BCUT2D eigenvalue weighted by Gasteiger charge is -2.20. The lowest BCUT2D eigenvalue weighted by atomic mass is 10.0. The smallest absolute Gasteiger partial charge is 0.457 e. The van der Waals surface area contributed by atoms with Gasteiger partial charge < -0.3 is 24.6 Å². The third kappa shape index (κ3) is 42.8. The molecule has 9 nitrogen and oxygen atoms in total. The van der Waals surface area contributed by atoms with Crippen molar-refractivity contribution in [1.82, 2.24) is 0 Å². The number of hydrogen-bond acceptors (Lipinski definition) is 8. The molecule has 56 heavy (non-hydrogen) atoms. The number of carbonyl (C=O) groups excluding carboxylic acids is 1. The van der Waals surface area contributed by atoms with Crippen LogP contribution in [0.25, 0.3) is 0 Å². The minimum atomic E-state index is -4.51. The van der Waals surface area contributed by atoms with E-state index in [-0.39, 0.29) is 25.6 Å². The van der Waals surface area contributed by atoms with Crippen LogP contribution in [0.2, 0.25) is 0 Å². The van der Waals surface area contributed by atoms with Gasteiger partial charge in [0.25, 0.3) is 0 Å². The van der Waals surface area contributed by atoms with Crippen LogP contribution in [0.1, 0.15) is 232 Å². The predicted octanol–water partition coefficient (Wildman–Crippen LogP) is 13.3. The average molecular weight is 819 g/mol. The molecule has 0 saturated heterocycles. The third-order valence-electron chi connectivity index (χ3n) is 10.5. The third-order valence-corrected chi connectivity index (χ3v) is 11.4. The van der Waals surface area contributed by atoms with Crippen molar-refractivity contribution in [2.45, 2.75) is 244 Å². The van der Waals surface area contributed by atoms with Gasteiger partial charge in [0.15, 0.2) is 0 Å². The molecule has 0 rings (SSSR count). The van der Waals surface area contributed by atoms with E-state index in [1.54, 1.807) is 0 Å². The maximum atomic E-state index is 12.6. The van der Waals surface area contributed by atoms with Crippen molar-refractivity contribution in [3.8, 4) is 0 Å². The molecule has 0 amide bonds. The van der Waals surface area contributed by atoms with E-state index >= 15 is 0 Å². The molecule has 0 aliphatic carbocycles. The minimum absolute atomic E-state index is 0.0548. The Bertz CT molecular complexity index is 887. The number of rotatable bonds is 46. The van der Waals surface area contributed by atoms with Crippen LogP contribution in [0.3, 0.4) is 0 Å². The number of esters is 1. The van der Waals surface area contributed by atoms with Gasteiger partial charge in [-0.3, -0.25) is 13.8 Å². The molecule has 0 bridgehead atoms. The molecule has 0 aliphatic heterocycles. The van der Waals surface area contributed by atoms with E-state index < -0.39 is 33.2 Å². The van der Waals surface area contributed by atoms with Crippen LogP contribution >= 0.6 is 7.82 Å². The molecule has 0 aromatic heterocycles. The quantitative estimate of drug-likeness (QED) is 0.0238. The first-order valence-electron chi connectivity index (χ1n) is 23.7. The van der Waals surface area contributed by atoms with Crippen molar-refractivity contribution < 1.29 is 43.0 Å². The number of carbonyl (C=O) groups is 1. The summed E-state index contributed by atoms with van der Waals surface area (Å²) < 4.78 is 33.5. The van der Waals surface area contributed by atoms with Crippen LogP contribution in [-0.4, -0.2) is 66.3 Å². The summed E-state index contributed by atoms with van der Waals surface area (Å²) in [6, 6.07) is 0. The summed E-state index contributed by atoms with van der Waals surface area (Å²) in [5, 5.41) is 18.4. The summed E-state index contributed by atoms with van der Waals surface area (Å²) in [6.45, 7) is 3.57. The fourth-order valence-electron chi connectivity index (χ4n) is 6.82. The van der Waals surface area contributed by atoms with Crippen molar-refractivity contribution in [3.05, 3.63) is 12.2 Å². The molecule has 334 valence electrons. The highest BCUT2D eigenvalue weighted by Crippen LogP contribution is 2.43. The van der Waals surface area contributed by atoms with Gasteiger partial charge in [-0.1, -0.05) is 199 Å². The second-order valence-corrected chi connectivity index (χ2v) is 17.6. The zero-order chi connectivity index (χ0) is 41.1. The average Bonchev–Trinajstić information content (AvgIpc) is 3.19. The Morgan fingerprint density at radius 1 is 0.536 bits per heavy atom. The van der Waals surface area contributed by atoms with Gasteiger partial charge in [-0.25, -0.2) is 4.57 Å². The predicted molar refractivity (Wildman–Crippen MR) is 233 cm³/mol. The lowest BCUT2D eigenvalue weighted by molar-refractivity contribution is -0.154. The Kier molecular flexibility index (Phi) is 43.1. The van der Waals surface area contributed by atoms with Crippen LogP contribution in [0.4, 0.5) is 0 Å². The van der Waals surface area contributed by atoms with Crippen LogP contribution in [0.5, 0.6) is 0 Å². The Hall–Kier alpha value is -0.800. The van der Waals surface area contributed by atoms with Crippen LogP contribution in [0, 0.1) is 0 Å². The highest BCUT2D eigenvalue weighted by molar-refractivity contribution is 7.47. The van der Waals surface area contributed by atoms with Crippen molar-refractivity contribution in [2.75, 3.05) is 33.0 Å². The first-order valence-corrected chi connectivity index (χ1v) is 25.2. The molecule has 0 heterocycles. The summed E-state index contributed by atoms with van der Waals surface area (Å²) in [5.74, 6) is -0.380. The Balaban J connectivity index is 4.09. The summed E-state index contributed by atoms with van der Waals surface area (Å²) in [4.78, 5) is 22.6. The molecule has 10 heteroatoms. The molecule has 0 radical (unpaired) electrons. The summed E-state index contributed by atoms with van der Waals surface area (Å²) in [7, 11) is -4.51. The number of aliphatic hydroxyl groups excluding tert-OH is 2. The van der Waals surface area contributed by atoms with E-state index in [9.17, 15) is 19.4 Å². The number of phosphoric acid groups is 1. The monoisotopic (exact) mass is 819 g/mol. The first kappa shape index (κ1) is 55.2. The van der Waals surface area contributed by atoms with Gasteiger partial charge in [-0.15, -0.1) is 0 Å². The van der Waals surface area contributed by atoms with E-state index in [1.807, 2.05) is 0 Å². The Labute approximate surface area is 345 Å². The fourth-order valence-corrected chi connectivity index (χ4v) is 7.61. The van der Waals surface area contributed by atoms with Gasteiger partial charge in [0.05, 0.1) is 26.4 Å². The van der Waals surface area contributed by atoms with Gasteiger partial charge in [0.1, 0.15) is 12.2 Å². The topological polar surface area (TPSA) is 132 Å². The van der Waals surface area contributed by atoms with Gasteiger partial charge in [0.2, 0.25) is 0 Å². The molecule has 0 aliphatic rings. The molecule has 3 unspecified atom stereocenters. The number of aliphatic hydroxyl groups is 2. The van der Waals surface area contributed by atoms with E-state index in [0.29, 0.717) is 6.61 Å². The van der Waals surface area contributed by atoms with Crippen molar-refractivity contribution in [1.29, 1.82) is 0 Å². The second-order valence-electron chi connectivity index (χ2n) is 16.1. The molecular weight excluding hydrogens is 727 g/mol. The molecule has 0 fully saturated rings. The zero-order valence-electron chi connectivity index (χ0n) is 36.6. The number of ether oxygens (including phenoxy) is 2. The van der Waals surface area contributed by atoms with Crippen LogP contribution in [0.15, 0.2) is 12.2 Å². The fraction of sp³-hybridized carbons (Fsp3) is 0.935. The van der Waals surface area contributed by atoms with E-state index in [2.05, 4.69) is 26.0 Å². The maximum absolute atomic E-state index is 12.6. The first-order chi connectivity index (χ1) is 27.3. The maximum Gasteiger partial charge on any atom is 0.472 e. The van der Waals surface area contributed by atoms with E-state index in [0.717, 1.165) is 32.1 Å². The normalized spacial score (nSPS) is 14.0. The molecule has 3 atom stereocenters. The van der Waals surface area contributed by atoms with Gasteiger partial charge in [-0.2, -0.15) is 0 Å². The Morgan fingerprint density at radius 3 is 1.34 bits per heavy atom. The van der Waals surface area contributed by atoms with Crippen molar-refractivity contribution in [2.24, 2.45) is 0 Å². The second kappa shape index (κ2) is 43.8. The van der Waals surface area contributed by atoms with Crippen molar-refractivity contribution >= 4 is 13.8 Å². The van der Waals surface area contributed by atoms with Crippen LogP contribution in [-0.2, 0) is 27.9 Å². The largest absolute Gasteiger partial charge is 0.472 e. The molecule has 3 N–H and O–H groups in total.